The van der Waals surface area contributed by atoms with Crippen LogP contribution in [-0.4, -0.2) is 52.7 Å². The number of nitrogens with one attached hydrogen (secondary N) is 1. The van der Waals surface area contributed by atoms with Gasteiger partial charge in [-0.15, -0.1) is 0 Å². The molecule has 3 aromatic rings. The number of amides is 1. The van der Waals surface area contributed by atoms with Crippen molar-refractivity contribution in [3.8, 4) is 0 Å². The summed E-state index contributed by atoms with van der Waals surface area (Å²) < 4.78 is 0. The Morgan fingerprint density at radius 1 is 0.943 bits per heavy atom. The topological polar surface area (TPSA) is 95.8 Å². The van der Waals surface area contributed by atoms with Crippen LogP contribution in [0.4, 0.5) is 17.1 Å². The highest BCUT2D eigenvalue weighted by Gasteiger charge is 2.25. The maximum atomic E-state index is 13.0. The van der Waals surface area contributed by atoms with Gasteiger partial charge >= 0.3 is 0 Å². The summed E-state index contributed by atoms with van der Waals surface area (Å²) in [5, 5.41) is 14.0. The number of rotatable bonds is 5. The molecule has 0 aliphatic carbocycles. The average molecular weight is 509 g/mol. The van der Waals surface area contributed by atoms with Crippen LogP contribution in [0.2, 0.25) is 5.02 Å². The van der Waals surface area contributed by atoms with Crippen molar-refractivity contribution in [1.29, 1.82) is 0 Å². The second kappa shape index (κ2) is 10.6. The number of halogens is 1. The third-order valence-corrected chi connectivity index (χ3v) is 6.38. The normalized spacial score (nSPS) is 13.3. The number of anilines is 2. The molecule has 0 bridgehead atoms. The molecule has 0 saturated carbocycles. The van der Waals surface area contributed by atoms with E-state index in [4.69, 9.17) is 23.8 Å². The Balaban J connectivity index is 1.41. The first-order valence-corrected chi connectivity index (χ1v) is 11.6. The largest absolute Gasteiger partial charge is 0.368 e. The zero-order valence-electron chi connectivity index (χ0n) is 18.5. The SMILES string of the molecule is O=C(Nc1ccc(Cl)cc1C(=O)c1ccccc1)C(=S)N1CCN(c2ccc([N+](=O)[O-])cc2)CC1. The van der Waals surface area contributed by atoms with Gasteiger partial charge in [-0.2, -0.15) is 0 Å². The Morgan fingerprint density at radius 2 is 1.60 bits per heavy atom. The van der Waals surface area contributed by atoms with E-state index in [-0.39, 0.29) is 22.0 Å². The first kappa shape index (κ1) is 24.3. The van der Waals surface area contributed by atoms with Crippen LogP contribution in [-0.2, 0) is 4.79 Å². The maximum absolute atomic E-state index is 13.0. The molecule has 0 unspecified atom stereocenters. The number of carbonyl (C=O) groups is 2. The molecule has 0 aromatic heterocycles. The third kappa shape index (κ3) is 5.64. The van der Waals surface area contributed by atoms with Crippen molar-refractivity contribution in [2.45, 2.75) is 0 Å². The molecular formula is C25H21ClN4O4S. The van der Waals surface area contributed by atoms with Gasteiger partial charge in [-0.3, -0.25) is 19.7 Å². The number of piperazine rings is 1. The second-order valence-electron chi connectivity index (χ2n) is 7.89. The fraction of sp³-hybridized carbons (Fsp3) is 0.160. The lowest BCUT2D eigenvalue weighted by atomic mass is 10.0. The number of nitro benzene ring substituents is 1. The van der Waals surface area contributed by atoms with Crippen LogP contribution >= 0.6 is 23.8 Å². The molecule has 1 N–H and O–H groups in total. The molecule has 178 valence electrons. The van der Waals surface area contributed by atoms with Crippen LogP contribution in [0.3, 0.4) is 0 Å². The number of nitro groups is 1. The van der Waals surface area contributed by atoms with Gasteiger partial charge in [0.05, 0.1) is 10.6 Å². The Bertz CT molecular complexity index is 1280. The smallest absolute Gasteiger partial charge is 0.283 e. The fourth-order valence-electron chi connectivity index (χ4n) is 3.83. The lowest BCUT2D eigenvalue weighted by Gasteiger charge is -2.37. The number of non-ortho nitro benzene ring substituents is 1. The minimum Gasteiger partial charge on any atom is -0.368 e. The van der Waals surface area contributed by atoms with E-state index in [2.05, 4.69) is 10.2 Å². The van der Waals surface area contributed by atoms with Crippen molar-refractivity contribution in [3.05, 3.63) is 99.1 Å². The number of hydrogen-bond acceptors (Lipinski definition) is 6. The lowest BCUT2D eigenvalue weighted by Crippen LogP contribution is -2.51. The number of carbonyl (C=O) groups excluding carboxylic acids is 2. The average Bonchev–Trinajstić information content (AvgIpc) is 2.89. The summed E-state index contributed by atoms with van der Waals surface area (Å²) in [6.45, 7) is 2.23. The highest BCUT2D eigenvalue weighted by atomic mass is 35.5. The van der Waals surface area contributed by atoms with Crippen molar-refractivity contribution in [3.63, 3.8) is 0 Å². The summed E-state index contributed by atoms with van der Waals surface area (Å²) in [7, 11) is 0. The second-order valence-corrected chi connectivity index (χ2v) is 8.72. The number of thiocarbonyl (C=S) groups is 1. The minimum absolute atomic E-state index is 0.0394. The first-order chi connectivity index (χ1) is 16.8. The maximum Gasteiger partial charge on any atom is 0.283 e. The predicted molar refractivity (Wildman–Crippen MR) is 139 cm³/mol. The van der Waals surface area contributed by atoms with Crippen LogP contribution in [0, 0.1) is 10.1 Å². The van der Waals surface area contributed by atoms with Gasteiger partial charge in [-0.05, 0) is 30.3 Å². The van der Waals surface area contributed by atoms with Gasteiger partial charge in [0.25, 0.3) is 11.6 Å². The van der Waals surface area contributed by atoms with Crippen LogP contribution < -0.4 is 10.2 Å². The molecule has 0 radical (unpaired) electrons. The predicted octanol–water partition coefficient (Wildman–Crippen LogP) is 4.57. The summed E-state index contributed by atoms with van der Waals surface area (Å²) in [5.41, 5.74) is 2.01. The molecule has 4 rings (SSSR count). The van der Waals surface area contributed by atoms with Crippen LogP contribution in [0.15, 0.2) is 72.8 Å². The molecule has 0 spiro atoms. The molecule has 1 aliphatic heterocycles. The van der Waals surface area contributed by atoms with E-state index >= 15 is 0 Å². The van der Waals surface area contributed by atoms with Crippen molar-refractivity contribution >= 4 is 57.6 Å². The number of ketones is 1. The van der Waals surface area contributed by atoms with E-state index in [9.17, 15) is 19.7 Å². The molecule has 1 heterocycles. The van der Waals surface area contributed by atoms with Crippen molar-refractivity contribution in [2.24, 2.45) is 0 Å². The van der Waals surface area contributed by atoms with Crippen molar-refractivity contribution in [1.82, 2.24) is 4.90 Å². The number of nitrogens with zero attached hydrogens (tertiary/aromatic N) is 3. The molecule has 35 heavy (non-hydrogen) atoms. The molecule has 1 aliphatic rings. The Labute approximate surface area is 212 Å². The summed E-state index contributed by atoms with van der Waals surface area (Å²) in [6, 6.07) is 19.8. The monoisotopic (exact) mass is 508 g/mol. The van der Waals surface area contributed by atoms with Crippen molar-refractivity contribution in [2.75, 3.05) is 36.4 Å². The molecule has 3 aromatic carbocycles. The minimum atomic E-state index is -0.478. The zero-order chi connectivity index (χ0) is 24.9. The van der Waals surface area contributed by atoms with Crippen LogP contribution in [0.1, 0.15) is 15.9 Å². The van der Waals surface area contributed by atoms with E-state index in [0.29, 0.717) is 42.5 Å². The Morgan fingerprint density at radius 3 is 2.23 bits per heavy atom. The lowest BCUT2D eigenvalue weighted by molar-refractivity contribution is -0.384. The molecular weight excluding hydrogens is 488 g/mol. The van der Waals surface area contributed by atoms with Gasteiger partial charge in [0.15, 0.2) is 10.8 Å². The van der Waals surface area contributed by atoms with Gasteiger partial charge in [0.1, 0.15) is 0 Å². The van der Waals surface area contributed by atoms with Gasteiger partial charge in [-0.1, -0.05) is 54.2 Å². The molecule has 1 fully saturated rings. The number of hydrogen-bond donors (Lipinski definition) is 1. The third-order valence-electron chi connectivity index (χ3n) is 5.70. The standard InChI is InChI=1S/C25H21ClN4O4S/c26-18-6-11-22(21(16-18)23(31)17-4-2-1-3-5-17)27-24(32)25(35)29-14-12-28(13-15-29)19-7-9-20(10-8-19)30(33)34/h1-11,16H,12-15H2,(H,27,32). The number of benzene rings is 3. The molecule has 1 saturated heterocycles. The van der Waals surface area contributed by atoms with Crippen molar-refractivity contribution < 1.29 is 14.5 Å². The van der Waals surface area contributed by atoms with Gasteiger partial charge in [-0.25, -0.2) is 0 Å². The molecule has 0 atom stereocenters. The molecule has 8 nitrogen and oxygen atoms in total. The quantitative estimate of drug-likeness (QED) is 0.233. The molecule has 10 heteroatoms. The van der Waals surface area contributed by atoms with Crippen LogP contribution in [0.25, 0.3) is 0 Å². The summed E-state index contributed by atoms with van der Waals surface area (Å²) in [6.07, 6.45) is 0. The summed E-state index contributed by atoms with van der Waals surface area (Å²) in [4.78, 5) is 40.4. The highest BCUT2D eigenvalue weighted by Crippen LogP contribution is 2.25. The van der Waals surface area contributed by atoms with E-state index < -0.39 is 10.8 Å². The van der Waals surface area contributed by atoms with Gasteiger partial charge < -0.3 is 15.1 Å². The molecule has 1 amide bonds. The van der Waals surface area contributed by atoms with Gasteiger partial charge in [0.2, 0.25) is 0 Å². The van der Waals surface area contributed by atoms with E-state index in [0.717, 1.165) is 5.69 Å². The van der Waals surface area contributed by atoms with E-state index in [1.165, 1.54) is 18.2 Å². The Hall–Kier alpha value is -3.82. The highest BCUT2D eigenvalue weighted by molar-refractivity contribution is 7.82. The Kier molecular flexibility index (Phi) is 7.38. The van der Waals surface area contributed by atoms with Gasteiger partial charge in [0, 0.05) is 60.1 Å². The zero-order valence-corrected chi connectivity index (χ0v) is 20.1. The summed E-state index contributed by atoms with van der Waals surface area (Å²) >= 11 is 11.6. The fourth-order valence-corrected chi connectivity index (χ4v) is 4.24. The van der Waals surface area contributed by atoms with Crippen LogP contribution in [0.5, 0.6) is 0 Å². The van der Waals surface area contributed by atoms with E-state index in [1.54, 1.807) is 53.4 Å². The first-order valence-electron chi connectivity index (χ1n) is 10.8. The van der Waals surface area contributed by atoms with E-state index in [1.807, 2.05) is 6.07 Å². The summed E-state index contributed by atoms with van der Waals surface area (Å²) in [5.74, 6) is -0.737.